The summed E-state index contributed by atoms with van der Waals surface area (Å²) < 4.78 is 281. The second-order valence-corrected chi connectivity index (χ2v) is 24.8. The summed E-state index contributed by atoms with van der Waals surface area (Å²) >= 11 is -7.95. The van der Waals surface area contributed by atoms with Gasteiger partial charge in [0.1, 0.15) is 0 Å². The van der Waals surface area contributed by atoms with Crippen molar-refractivity contribution in [2.75, 3.05) is 6.26 Å². The van der Waals surface area contributed by atoms with Crippen LogP contribution in [0.1, 0.15) is 0 Å². The number of halogens is 20. The number of hydrogen-bond donors (Lipinski definition) is 0. The van der Waals surface area contributed by atoms with Crippen LogP contribution in [-0.4, -0.2) is 21.3 Å². The van der Waals surface area contributed by atoms with Gasteiger partial charge in [0.2, 0.25) is 0 Å². The van der Waals surface area contributed by atoms with Crippen LogP contribution < -0.4 is 16.5 Å². The maximum absolute atomic E-state index is 15.4. The van der Waals surface area contributed by atoms with Crippen LogP contribution in [0.5, 0.6) is 0 Å². The van der Waals surface area contributed by atoms with Gasteiger partial charge in [-0.2, -0.15) is 0 Å². The van der Waals surface area contributed by atoms with E-state index in [4.69, 9.17) is 0 Å². The molecule has 23 heteroatoms. The molecule has 0 N–H and O–H groups in total. The molecule has 0 radical (unpaired) electrons. The van der Waals surface area contributed by atoms with Gasteiger partial charge in [0, 0.05) is 4.90 Å². The van der Waals surface area contributed by atoms with Crippen molar-refractivity contribution in [1.82, 2.24) is 0 Å². The van der Waals surface area contributed by atoms with Crippen LogP contribution in [0.15, 0.2) is 105 Å². The summed E-state index contributed by atoms with van der Waals surface area (Å²) in [7, 11) is -0.0341. The van der Waals surface area contributed by atoms with Gasteiger partial charge in [0.25, 0.3) is 0 Å². The molecule has 0 atom stereocenters. The van der Waals surface area contributed by atoms with E-state index in [1.165, 1.54) is 19.6 Å². The normalized spacial score (nSPS) is 11.6. The molecule has 0 aliphatic carbocycles. The molecule has 0 heterocycles. The predicted octanol–water partition coefficient (Wildman–Crippen LogP) is 11.3. The summed E-state index contributed by atoms with van der Waals surface area (Å²) in [6, 6.07) is 30.5. The van der Waals surface area contributed by atoms with Gasteiger partial charge >= 0.3 is 236 Å². The standard InChI is InChI=1S/C19H17S2.4C6F5.Ga/c1-20-16-12-14-19(15-13-16)21(17-8-4-2-5-9-17)18-10-6-3-7-11-18;4*7-2-1-3(8)5(10)6(11)4(2)9;/h2-15H,1H3;;;;;/q+1;;;;;-1. The molecule has 0 nitrogen and oxygen atoms in total. The van der Waals surface area contributed by atoms with Crippen molar-refractivity contribution < 1.29 is 87.8 Å². The molecular weight excluding hydrogens is 1030 g/mol. The van der Waals surface area contributed by atoms with Crippen LogP contribution in [0, 0.1) is 116 Å². The Morgan fingerprint density at radius 2 is 0.470 bits per heavy atom. The van der Waals surface area contributed by atoms with Gasteiger partial charge < -0.3 is 0 Å². The van der Waals surface area contributed by atoms with Gasteiger partial charge in [0.05, 0.1) is 10.9 Å². The summed E-state index contributed by atoms with van der Waals surface area (Å²) in [4.78, 5) is 5.40. The van der Waals surface area contributed by atoms with Crippen molar-refractivity contribution >= 4 is 54.2 Å². The summed E-state index contributed by atoms with van der Waals surface area (Å²) in [5.41, 5.74) is 0. The second-order valence-electron chi connectivity index (χ2n) is 13.4. The third-order valence-electron chi connectivity index (χ3n) is 9.96. The SMILES string of the molecule is CSc1ccc([S+](c2ccccc2)c2ccccc2)cc1.Fc1c(F)c(F)[c]([Ga-]([c]2c(F)c(F)c(F)c(F)c2F)([c]2c(F)c(F)c(F)c(F)c2F)[c]2c(F)c(F)c(F)c(F)c2F)c(F)c1F. The molecular formula is C43H17F20GaS2. The molecule has 7 aromatic carbocycles. The Labute approximate surface area is 367 Å². The van der Waals surface area contributed by atoms with Crippen molar-refractivity contribution in [3.05, 3.63) is 201 Å². The summed E-state index contributed by atoms with van der Waals surface area (Å²) in [6.45, 7) is 0. The van der Waals surface area contributed by atoms with Gasteiger partial charge in [-0.1, -0.05) is 36.4 Å². The molecule has 0 unspecified atom stereocenters. The van der Waals surface area contributed by atoms with Crippen molar-refractivity contribution in [3.8, 4) is 0 Å². The molecule has 7 rings (SSSR count). The van der Waals surface area contributed by atoms with E-state index in [1.807, 2.05) is 0 Å². The van der Waals surface area contributed by atoms with Gasteiger partial charge in [-0.3, -0.25) is 0 Å². The molecule has 0 saturated carbocycles. The summed E-state index contributed by atoms with van der Waals surface area (Å²) in [5.74, 6) is -70.5. The van der Waals surface area contributed by atoms with E-state index in [0.717, 1.165) is 0 Å². The first-order chi connectivity index (χ1) is 31.1. The first-order valence-corrected chi connectivity index (χ1v) is 25.1. The Morgan fingerprint density at radius 3 is 0.682 bits per heavy atom. The van der Waals surface area contributed by atoms with Gasteiger partial charge in [-0.15, -0.1) is 11.8 Å². The van der Waals surface area contributed by atoms with Crippen LogP contribution in [0.4, 0.5) is 87.8 Å². The van der Waals surface area contributed by atoms with Crippen LogP contribution in [0.2, 0.25) is 0 Å². The fraction of sp³-hybridized carbons (Fsp3) is 0.0233. The van der Waals surface area contributed by atoms with E-state index in [0.29, 0.717) is 0 Å². The number of hydrogen-bond acceptors (Lipinski definition) is 1. The first kappa shape index (κ1) is 49.9. The third-order valence-corrected chi connectivity index (χ3v) is 24.5. The molecule has 0 fully saturated rings. The van der Waals surface area contributed by atoms with E-state index in [9.17, 15) is 52.7 Å². The van der Waals surface area contributed by atoms with Crippen molar-refractivity contribution in [3.63, 3.8) is 0 Å². The minimum atomic E-state index is -9.74. The van der Waals surface area contributed by atoms with Crippen LogP contribution in [0.3, 0.4) is 0 Å². The topological polar surface area (TPSA) is 0 Å². The monoisotopic (exact) mass is 1050 g/mol. The number of rotatable bonds is 8. The Hall–Kier alpha value is -5.52. The zero-order valence-electron chi connectivity index (χ0n) is 32.0. The number of benzene rings is 7. The summed E-state index contributed by atoms with van der Waals surface area (Å²) in [6.07, 6.45) is 2.11. The van der Waals surface area contributed by atoms with E-state index in [2.05, 4.69) is 91.2 Å². The molecule has 0 amide bonds. The molecule has 0 aromatic heterocycles. The van der Waals surface area contributed by atoms with Gasteiger partial charge in [0.15, 0.2) is 14.7 Å². The van der Waals surface area contributed by atoms with Gasteiger partial charge in [-0.05, 0) is 54.8 Å². The van der Waals surface area contributed by atoms with Crippen molar-refractivity contribution in [1.29, 1.82) is 0 Å². The third kappa shape index (κ3) is 8.10. The molecule has 66 heavy (non-hydrogen) atoms. The van der Waals surface area contributed by atoms with Crippen LogP contribution in [-0.2, 0) is 10.9 Å². The first-order valence-electron chi connectivity index (χ1n) is 17.8. The van der Waals surface area contributed by atoms with Crippen molar-refractivity contribution in [2.24, 2.45) is 0 Å². The molecule has 0 aliphatic rings. The molecule has 344 valence electrons. The Kier molecular flexibility index (Phi) is 14.6. The van der Waals surface area contributed by atoms with Crippen LogP contribution in [0.25, 0.3) is 0 Å². The van der Waals surface area contributed by atoms with E-state index in [-0.39, 0.29) is 10.9 Å². The Morgan fingerprint density at radius 1 is 0.273 bits per heavy atom. The van der Waals surface area contributed by atoms with E-state index < -0.39 is 148 Å². The second kappa shape index (κ2) is 19.4. The van der Waals surface area contributed by atoms with Gasteiger partial charge in [-0.25, -0.2) is 0 Å². The quantitative estimate of drug-likeness (QED) is 0.0365. The summed E-state index contributed by atoms with van der Waals surface area (Å²) in [5, 5.41) is 0. The zero-order chi connectivity index (χ0) is 48.8. The fourth-order valence-corrected chi connectivity index (χ4v) is 21.7. The van der Waals surface area contributed by atoms with E-state index in [1.54, 1.807) is 11.8 Å². The Bertz CT molecular complexity index is 2590. The maximum atomic E-state index is 15.4. The minimum absolute atomic E-state index is 0.0341. The molecule has 0 saturated heterocycles. The zero-order valence-corrected chi connectivity index (χ0v) is 36.1. The molecule has 0 spiro atoms. The fourth-order valence-electron chi connectivity index (χ4n) is 7.11. The predicted molar refractivity (Wildman–Crippen MR) is 202 cm³/mol. The molecule has 0 bridgehead atoms. The van der Waals surface area contributed by atoms with Crippen LogP contribution >= 0.6 is 11.8 Å². The average molecular weight is 1050 g/mol. The molecule has 0 aliphatic heterocycles. The Balaban J connectivity index is 0.000000284. The van der Waals surface area contributed by atoms with Crippen molar-refractivity contribution in [2.45, 2.75) is 19.6 Å². The molecule has 7 aromatic rings. The van der Waals surface area contributed by atoms with E-state index >= 15 is 35.1 Å². The average Bonchev–Trinajstić information content (AvgIpc) is 3.32. The number of thioether (sulfide) groups is 1.